The van der Waals surface area contributed by atoms with Crippen LogP contribution in [-0.4, -0.2) is 10.2 Å². The van der Waals surface area contributed by atoms with Crippen LogP contribution in [-0.2, 0) is 18.3 Å². The van der Waals surface area contributed by atoms with Crippen molar-refractivity contribution in [2.24, 2.45) is 0 Å². The monoisotopic (exact) mass is 336 g/mol. The zero-order valence-corrected chi connectivity index (χ0v) is 15.7. The summed E-state index contributed by atoms with van der Waals surface area (Å²) in [5.41, 5.74) is 5.93. The smallest absolute Gasteiger partial charge is 0.119 e. The SMILES string of the molecule is C=CCc1cc(C(C)(C)c2cc(CC=C)c(O)cc2C)c(C)cc1O. The van der Waals surface area contributed by atoms with Crippen LogP contribution in [0.3, 0.4) is 0 Å². The third-order valence-corrected chi connectivity index (χ3v) is 4.93. The molecule has 2 aromatic carbocycles. The summed E-state index contributed by atoms with van der Waals surface area (Å²) in [7, 11) is 0. The van der Waals surface area contributed by atoms with E-state index in [0.29, 0.717) is 24.3 Å². The first kappa shape index (κ1) is 18.9. The van der Waals surface area contributed by atoms with Gasteiger partial charge in [0.1, 0.15) is 11.5 Å². The van der Waals surface area contributed by atoms with Crippen molar-refractivity contribution in [3.63, 3.8) is 0 Å². The Bertz CT molecular complexity index is 746. The number of phenols is 2. The second-order valence-corrected chi connectivity index (χ2v) is 7.20. The molecule has 2 heteroatoms. The molecule has 0 aliphatic carbocycles. The molecule has 0 aliphatic heterocycles. The molecule has 0 amide bonds. The normalized spacial score (nSPS) is 11.4. The highest BCUT2D eigenvalue weighted by atomic mass is 16.3. The number of allylic oxidation sites excluding steroid dienone is 2. The molecule has 0 aromatic heterocycles. The van der Waals surface area contributed by atoms with Gasteiger partial charge in [0.2, 0.25) is 0 Å². The van der Waals surface area contributed by atoms with Gasteiger partial charge >= 0.3 is 0 Å². The fourth-order valence-corrected chi connectivity index (χ4v) is 3.60. The number of aryl methyl sites for hydroxylation is 2. The maximum atomic E-state index is 10.2. The molecule has 25 heavy (non-hydrogen) atoms. The number of rotatable bonds is 6. The summed E-state index contributed by atoms with van der Waals surface area (Å²) in [6.07, 6.45) is 4.86. The van der Waals surface area contributed by atoms with Gasteiger partial charge in [-0.05, 0) is 72.2 Å². The molecular formula is C23H28O2. The molecular weight excluding hydrogens is 308 g/mol. The summed E-state index contributed by atoms with van der Waals surface area (Å²) in [5.74, 6) is 0.624. The van der Waals surface area contributed by atoms with Crippen LogP contribution in [0.5, 0.6) is 11.5 Å². The predicted octanol–water partition coefficient (Wildman–Crippen LogP) is 5.50. The summed E-state index contributed by atoms with van der Waals surface area (Å²) < 4.78 is 0. The number of phenolic OH excluding ortho intramolecular Hbond substituents is 2. The Morgan fingerprint density at radius 1 is 0.800 bits per heavy atom. The lowest BCUT2D eigenvalue weighted by atomic mass is 9.73. The minimum absolute atomic E-state index is 0.262. The van der Waals surface area contributed by atoms with Crippen LogP contribution in [0.25, 0.3) is 0 Å². The van der Waals surface area contributed by atoms with E-state index in [2.05, 4.69) is 39.1 Å². The van der Waals surface area contributed by atoms with Crippen LogP contribution < -0.4 is 0 Å². The van der Waals surface area contributed by atoms with Gasteiger partial charge in [0, 0.05) is 5.41 Å². The molecule has 2 N–H and O–H groups in total. The van der Waals surface area contributed by atoms with E-state index in [1.165, 1.54) is 11.1 Å². The largest absolute Gasteiger partial charge is 0.508 e. The first-order valence-electron chi connectivity index (χ1n) is 8.60. The molecule has 0 bridgehead atoms. The molecule has 0 heterocycles. The molecule has 0 aliphatic rings. The van der Waals surface area contributed by atoms with Gasteiger partial charge in [-0.2, -0.15) is 0 Å². The fraction of sp³-hybridized carbons (Fsp3) is 0.304. The lowest BCUT2D eigenvalue weighted by Gasteiger charge is -2.31. The lowest BCUT2D eigenvalue weighted by molar-refractivity contribution is 0.467. The van der Waals surface area contributed by atoms with Crippen molar-refractivity contribution in [3.05, 3.63) is 83.0 Å². The standard InChI is InChI=1S/C23H28O2/c1-7-9-17-13-19(15(3)11-21(17)24)23(5,6)20-14-18(10-8-2)22(25)12-16(20)4/h7-8,11-14,24-25H,1-2,9-10H2,3-6H3. The van der Waals surface area contributed by atoms with Crippen LogP contribution in [0.4, 0.5) is 0 Å². The van der Waals surface area contributed by atoms with Crippen molar-refractivity contribution in [2.45, 2.75) is 46.0 Å². The molecule has 0 saturated carbocycles. The van der Waals surface area contributed by atoms with E-state index in [1.807, 2.05) is 26.0 Å². The zero-order valence-electron chi connectivity index (χ0n) is 15.7. The maximum absolute atomic E-state index is 10.2. The van der Waals surface area contributed by atoms with Gasteiger partial charge in [0.15, 0.2) is 0 Å². The Morgan fingerprint density at radius 2 is 1.16 bits per heavy atom. The van der Waals surface area contributed by atoms with E-state index in [1.54, 1.807) is 12.2 Å². The molecule has 0 fully saturated rings. The molecule has 0 radical (unpaired) electrons. The topological polar surface area (TPSA) is 40.5 Å². The van der Waals surface area contributed by atoms with Gasteiger partial charge in [-0.15, -0.1) is 13.2 Å². The van der Waals surface area contributed by atoms with E-state index < -0.39 is 0 Å². The van der Waals surface area contributed by atoms with Crippen molar-refractivity contribution in [2.75, 3.05) is 0 Å². The van der Waals surface area contributed by atoms with Crippen molar-refractivity contribution >= 4 is 0 Å². The summed E-state index contributed by atoms with van der Waals surface area (Å²) in [5, 5.41) is 20.4. The molecule has 0 unspecified atom stereocenters. The molecule has 2 aromatic rings. The minimum atomic E-state index is -0.262. The molecule has 0 saturated heterocycles. The number of benzene rings is 2. The van der Waals surface area contributed by atoms with Crippen molar-refractivity contribution in [3.8, 4) is 11.5 Å². The zero-order chi connectivity index (χ0) is 18.8. The van der Waals surface area contributed by atoms with Crippen LogP contribution in [0.1, 0.15) is 47.2 Å². The van der Waals surface area contributed by atoms with Crippen LogP contribution in [0, 0.1) is 13.8 Å². The van der Waals surface area contributed by atoms with E-state index in [4.69, 9.17) is 0 Å². The fourth-order valence-electron chi connectivity index (χ4n) is 3.60. The first-order chi connectivity index (χ1) is 11.7. The highest BCUT2D eigenvalue weighted by Gasteiger charge is 2.28. The Hall–Kier alpha value is -2.48. The highest BCUT2D eigenvalue weighted by Crippen LogP contribution is 2.39. The van der Waals surface area contributed by atoms with Gasteiger partial charge in [-0.1, -0.05) is 38.1 Å². The quantitative estimate of drug-likeness (QED) is 0.684. The predicted molar refractivity (Wildman–Crippen MR) is 106 cm³/mol. The second kappa shape index (κ2) is 7.18. The third-order valence-electron chi connectivity index (χ3n) is 4.93. The van der Waals surface area contributed by atoms with Crippen LogP contribution in [0.2, 0.25) is 0 Å². The van der Waals surface area contributed by atoms with Crippen molar-refractivity contribution < 1.29 is 10.2 Å². The van der Waals surface area contributed by atoms with E-state index in [9.17, 15) is 10.2 Å². The number of aromatic hydroxyl groups is 2. The van der Waals surface area contributed by atoms with Gasteiger partial charge in [-0.25, -0.2) is 0 Å². The summed E-state index contributed by atoms with van der Waals surface area (Å²) in [6, 6.07) is 7.81. The average molecular weight is 336 g/mol. The van der Waals surface area contributed by atoms with E-state index >= 15 is 0 Å². The molecule has 2 nitrogen and oxygen atoms in total. The summed E-state index contributed by atoms with van der Waals surface area (Å²) >= 11 is 0. The number of hydrogen-bond acceptors (Lipinski definition) is 2. The van der Waals surface area contributed by atoms with E-state index in [-0.39, 0.29) is 5.41 Å². The Morgan fingerprint density at radius 3 is 1.48 bits per heavy atom. The van der Waals surface area contributed by atoms with Crippen LogP contribution >= 0.6 is 0 Å². The van der Waals surface area contributed by atoms with E-state index in [0.717, 1.165) is 22.3 Å². The summed E-state index contributed by atoms with van der Waals surface area (Å²) in [6.45, 7) is 16.0. The van der Waals surface area contributed by atoms with Gasteiger partial charge in [0.05, 0.1) is 0 Å². The van der Waals surface area contributed by atoms with Gasteiger partial charge in [-0.3, -0.25) is 0 Å². The van der Waals surface area contributed by atoms with Crippen LogP contribution in [0.15, 0.2) is 49.6 Å². The van der Waals surface area contributed by atoms with Gasteiger partial charge in [0.25, 0.3) is 0 Å². The first-order valence-corrected chi connectivity index (χ1v) is 8.60. The third kappa shape index (κ3) is 3.63. The molecule has 132 valence electrons. The Labute approximate surface area is 151 Å². The Balaban J connectivity index is 2.66. The summed E-state index contributed by atoms with van der Waals surface area (Å²) in [4.78, 5) is 0. The highest BCUT2D eigenvalue weighted by molar-refractivity contribution is 5.53. The van der Waals surface area contributed by atoms with Crippen molar-refractivity contribution in [1.82, 2.24) is 0 Å². The Kier molecular flexibility index (Phi) is 5.42. The van der Waals surface area contributed by atoms with Gasteiger partial charge < -0.3 is 10.2 Å². The maximum Gasteiger partial charge on any atom is 0.119 e. The lowest BCUT2D eigenvalue weighted by Crippen LogP contribution is -2.22. The minimum Gasteiger partial charge on any atom is -0.508 e. The number of hydrogen-bond donors (Lipinski definition) is 2. The van der Waals surface area contributed by atoms with Crippen molar-refractivity contribution in [1.29, 1.82) is 0 Å². The molecule has 2 rings (SSSR count). The average Bonchev–Trinajstić information content (AvgIpc) is 2.52. The molecule has 0 spiro atoms. The second-order valence-electron chi connectivity index (χ2n) is 7.20. The molecule has 0 atom stereocenters.